The van der Waals surface area contributed by atoms with Crippen LogP contribution in [0.4, 0.5) is 17.6 Å². The summed E-state index contributed by atoms with van der Waals surface area (Å²) in [5, 5.41) is 3.13. The summed E-state index contributed by atoms with van der Waals surface area (Å²) >= 11 is 0. The van der Waals surface area contributed by atoms with E-state index in [-0.39, 0.29) is 24.6 Å². The molecule has 1 aromatic rings. The predicted molar refractivity (Wildman–Crippen MR) is 77.2 cm³/mol. The number of hydrogen-bond acceptors (Lipinski definition) is 3. The Kier molecular flexibility index (Phi) is 5.59. The monoisotopic (exact) mass is 333 g/mol. The summed E-state index contributed by atoms with van der Waals surface area (Å²) < 4.78 is 51.4. The molecular formula is C15H19F4N3O. The summed E-state index contributed by atoms with van der Waals surface area (Å²) in [6, 6.07) is 2.44. The number of nitrogens with zero attached hydrogens (tertiary/aromatic N) is 2. The number of carbonyl (C=O) groups is 1. The molecule has 1 aliphatic heterocycles. The summed E-state index contributed by atoms with van der Waals surface area (Å²) in [6.45, 7) is 2.84. The molecule has 0 aromatic heterocycles. The molecule has 1 aliphatic rings. The quantitative estimate of drug-likeness (QED) is 0.852. The van der Waals surface area contributed by atoms with Crippen molar-refractivity contribution < 1.29 is 22.4 Å². The van der Waals surface area contributed by atoms with Crippen LogP contribution < -0.4 is 5.32 Å². The normalized spacial score (nSPS) is 16.0. The molecule has 1 aromatic carbocycles. The molecule has 1 heterocycles. The van der Waals surface area contributed by atoms with Gasteiger partial charge in [-0.3, -0.25) is 9.69 Å². The van der Waals surface area contributed by atoms with E-state index < -0.39 is 17.6 Å². The highest BCUT2D eigenvalue weighted by molar-refractivity contribution is 5.78. The van der Waals surface area contributed by atoms with Crippen LogP contribution >= 0.6 is 0 Å². The maximum Gasteiger partial charge on any atom is 0.416 e. The highest BCUT2D eigenvalue weighted by atomic mass is 19.4. The van der Waals surface area contributed by atoms with E-state index in [0.717, 1.165) is 25.2 Å². The van der Waals surface area contributed by atoms with E-state index >= 15 is 0 Å². The second-order valence-corrected chi connectivity index (χ2v) is 5.65. The first kappa shape index (κ1) is 17.7. The number of likely N-dealkylation sites (N-methyl/N-ethyl adjacent to an activating group) is 1. The minimum absolute atomic E-state index is 0.0681. The lowest BCUT2D eigenvalue weighted by Gasteiger charge is -2.29. The Bertz CT molecular complexity index is 556. The molecule has 0 bridgehead atoms. The second kappa shape index (κ2) is 7.27. The maximum absolute atomic E-state index is 13.4. The number of benzene rings is 1. The van der Waals surface area contributed by atoms with E-state index in [9.17, 15) is 22.4 Å². The molecule has 0 atom stereocenters. The van der Waals surface area contributed by atoms with Crippen molar-refractivity contribution in [3.8, 4) is 0 Å². The van der Waals surface area contributed by atoms with Gasteiger partial charge in [0.15, 0.2) is 0 Å². The average molecular weight is 333 g/mol. The molecule has 128 valence electrons. The van der Waals surface area contributed by atoms with Gasteiger partial charge in [0.1, 0.15) is 5.82 Å². The number of rotatable bonds is 4. The lowest BCUT2D eigenvalue weighted by molar-refractivity contribution is -0.138. The molecule has 0 spiro atoms. The molecule has 1 N–H and O–H groups in total. The van der Waals surface area contributed by atoms with Gasteiger partial charge in [0, 0.05) is 32.7 Å². The Morgan fingerprint density at radius 2 is 1.91 bits per heavy atom. The van der Waals surface area contributed by atoms with Gasteiger partial charge in [0.2, 0.25) is 5.91 Å². The zero-order valence-corrected chi connectivity index (χ0v) is 12.8. The van der Waals surface area contributed by atoms with E-state index in [1.807, 2.05) is 0 Å². The average Bonchev–Trinajstić information content (AvgIpc) is 2.46. The summed E-state index contributed by atoms with van der Waals surface area (Å²) in [6.07, 6.45) is -4.59. The van der Waals surface area contributed by atoms with Crippen LogP contribution in [-0.2, 0) is 17.5 Å². The third-order valence-electron chi connectivity index (χ3n) is 3.61. The van der Waals surface area contributed by atoms with Crippen LogP contribution in [0.15, 0.2) is 18.2 Å². The lowest BCUT2D eigenvalue weighted by Crippen LogP contribution is -2.49. The van der Waals surface area contributed by atoms with Crippen molar-refractivity contribution in [1.29, 1.82) is 0 Å². The van der Waals surface area contributed by atoms with Gasteiger partial charge in [-0.2, -0.15) is 13.2 Å². The van der Waals surface area contributed by atoms with E-state index in [1.165, 1.54) is 0 Å². The minimum Gasteiger partial charge on any atom is -0.339 e. The van der Waals surface area contributed by atoms with Crippen molar-refractivity contribution in [2.75, 3.05) is 39.8 Å². The van der Waals surface area contributed by atoms with Gasteiger partial charge in [0.05, 0.1) is 12.1 Å². The molecule has 4 nitrogen and oxygen atoms in total. The zero-order valence-electron chi connectivity index (χ0n) is 12.8. The van der Waals surface area contributed by atoms with E-state index in [2.05, 4.69) is 5.32 Å². The molecule has 0 radical (unpaired) electrons. The van der Waals surface area contributed by atoms with E-state index in [0.29, 0.717) is 19.2 Å². The number of amides is 1. The third kappa shape index (κ3) is 5.18. The SMILES string of the molecule is CN(CC(=O)N1CCNCC1)Cc1cc(F)cc(C(F)(F)F)c1. The van der Waals surface area contributed by atoms with Crippen LogP contribution in [0.3, 0.4) is 0 Å². The molecular weight excluding hydrogens is 314 g/mol. The number of hydrogen-bond donors (Lipinski definition) is 1. The Morgan fingerprint density at radius 1 is 1.26 bits per heavy atom. The van der Waals surface area contributed by atoms with Crippen molar-refractivity contribution in [3.05, 3.63) is 35.1 Å². The number of piperazine rings is 1. The highest BCUT2D eigenvalue weighted by Gasteiger charge is 2.31. The van der Waals surface area contributed by atoms with Gasteiger partial charge >= 0.3 is 6.18 Å². The fourth-order valence-corrected chi connectivity index (χ4v) is 2.52. The lowest BCUT2D eigenvalue weighted by atomic mass is 10.1. The smallest absolute Gasteiger partial charge is 0.339 e. The van der Waals surface area contributed by atoms with Crippen LogP contribution in [0.2, 0.25) is 0 Å². The van der Waals surface area contributed by atoms with Gasteiger partial charge in [-0.15, -0.1) is 0 Å². The van der Waals surface area contributed by atoms with Crippen molar-refractivity contribution in [3.63, 3.8) is 0 Å². The summed E-state index contributed by atoms with van der Waals surface area (Å²) in [7, 11) is 1.62. The summed E-state index contributed by atoms with van der Waals surface area (Å²) in [5.74, 6) is -1.02. The molecule has 0 aliphatic carbocycles. The molecule has 23 heavy (non-hydrogen) atoms. The first-order valence-corrected chi connectivity index (χ1v) is 7.29. The summed E-state index contributed by atoms with van der Waals surface area (Å²) in [5.41, 5.74) is -0.831. The van der Waals surface area contributed by atoms with Gasteiger partial charge in [-0.05, 0) is 30.8 Å². The first-order chi connectivity index (χ1) is 10.8. The van der Waals surface area contributed by atoms with Crippen molar-refractivity contribution in [2.24, 2.45) is 0 Å². The Hall–Kier alpha value is -1.67. The molecule has 1 amide bonds. The number of nitrogens with one attached hydrogen (secondary N) is 1. The Morgan fingerprint density at radius 3 is 2.52 bits per heavy atom. The van der Waals surface area contributed by atoms with Gasteiger partial charge in [-0.1, -0.05) is 0 Å². The number of alkyl halides is 3. The fourth-order valence-electron chi connectivity index (χ4n) is 2.52. The van der Waals surface area contributed by atoms with Crippen LogP contribution in [-0.4, -0.2) is 55.5 Å². The number of halogens is 4. The number of carbonyl (C=O) groups excluding carboxylic acids is 1. The topological polar surface area (TPSA) is 35.6 Å². The Balaban J connectivity index is 1.98. The van der Waals surface area contributed by atoms with Crippen LogP contribution in [0, 0.1) is 5.82 Å². The standard InChI is InChI=1S/C15H19F4N3O/c1-21(10-14(23)22-4-2-20-3-5-22)9-11-6-12(15(17,18)19)8-13(16)7-11/h6-8,20H,2-5,9-10H2,1H3. The predicted octanol–water partition coefficient (Wildman–Crippen LogP) is 1.71. The zero-order chi connectivity index (χ0) is 17.0. The van der Waals surface area contributed by atoms with Crippen molar-refractivity contribution in [2.45, 2.75) is 12.7 Å². The fraction of sp³-hybridized carbons (Fsp3) is 0.533. The molecule has 0 saturated carbocycles. The second-order valence-electron chi connectivity index (χ2n) is 5.65. The van der Waals surface area contributed by atoms with Crippen LogP contribution in [0.25, 0.3) is 0 Å². The molecule has 8 heteroatoms. The van der Waals surface area contributed by atoms with E-state index in [4.69, 9.17) is 0 Å². The Labute approximate surface area is 132 Å². The first-order valence-electron chi connectivity index (χ1n) is 7.29. The van der Waals surface area contributed by atoms with Crippen molar-refractivity contribution in [1.82, 2.24) is 15.1 Å². The van der Waals surface area contributed by atoms with Gasteiger partial charge in [-0.25, -0.2) is 4.39 Å². The van der Waals surface area contributed by atoms with E-state index in [1.54, 1.807) is 16.8 Å². The minimum atomic E-state index is -4.59. The van der Waals surface area contributed by atoms with Gasteiger partial charge in [0.25, 0.3) is 0 Å². The molecule has 1 saturated heterocycles. The largest absolute Gasteiger partial charge is 0.416 e. The highest BCUT2D eigenvalue weighted by Crippen LogP contribution is 2.30. The van der Waals surface area contributed by atoms with Crippen molar-refractivity contribution >= 4 is 5.91 Å². The molecule has 1 fully saturated rings. The van der Waals surface area contributed by atoms with Crippen LogP contribution in [0.5, 0.6) is 0 Å². The molecule has 0 unspecified atom stereocenters. The maximum atomic E-state index is 13.4. The third-order valence-corrected chi connectivity index (χ3v) is 3.61. The summed E-state index contributed by atoms with van der Waals surface area (Å²) in [4.78, 5) is 15.4. The van der Waals surface area contributed by atoms with Gasteiger partial charge < -0.3 is 10.2 Å². The van der Waals surface area contributed by atoms with Crippen LogP contribution in [0.1, 0.15) is 11.1 Å². The molecule has 2 rings (SSSR count).